The Hall–Kier alpha value is -2.60. The van der Waals surface area contributed by atoms with Crippen LogP contribution in [-0.2, 0) is 4.79 Å². The molecule has 6 heteroatoms. The number of rotatable bonds is 5. The molecule has 1 heterocycles. The van der Waals surface area contributed by atoms with Crippen LogP contribution < -0.4 is 20.1 Å². The number of carbonyl (C=O) groups excluding carboxylic acids is 1. The largest absolute Gasteiger partial charge is 0.454 e. The van der Waals surface area contributed by atoms with E-state index in [9.17, 15) is 9.18 Å². The molecule has 0 aromatic heterocycles. The van der Waals surface area contributed by atoms with Crippen molar-refractivity contribution in [2.24, 2.45) is 0 Å². The van der Waals surface area contributed by atoms with Gasteiger partial charge in [-0.05, 0) is 25.1 Å². The summed E-state index contributed by atoms with van der Waals surface area (Å²) in [6.45, 7) is 2.07. The van der Waals surface area contributed by atoms with Gasteiger partial charge in [-0.25, -0.2) is 4.39 Å². The van der Waals surface area contributed by atoms with E-state index >= 15 is 0 Å². The first-order chi connectivity index (χ1) is 11.1. The third-order valence-corrected chi connectivity index (χ3v) is 3.60. The van der Waals surface area contributed by atoms with Gasteiger partial charge < -0.3 is 20.1 Å². The smallest absolute Gasteiger partial charge is 0.238 e. The molecule has 0 saturated heterocycles. The lowest BCUT2D eigenvalue weighted by atomic mass is 10.1. The predicted molar refractivity (Wildman–Crippen MR) is 84.0 cm³/mol. The molecule has 0 fully saturated rings. The minimum atomic E-state index is -0.288. The fourth-order valence-electron chi connectivity index (χ4n) is 2.36. The summed E-state index contributed by atoms with van der Waals surface area (Å²) < 4.78 is 24.1. The Labute approximate surface area is 133 Å². The summed E-state index contributed by atoms with van der Waals surface area (Å²) in [5, 5.41) is 5.77. The Kier molecular flexibility index (Phi) is 4.43. The van der Waals surface area contributed by atoms with Gasteiger partial charge in [0.15, 0.2) is 11.5 Å². The second-order valence-corrected chi connectivity index (χ2v) is 5.24. The van der Waals surface area contributed by atoms with Crippen LogP contribution in [0.4, 0.5) is 10.1 Å². The van der Waals surface area contributed by atoms with E-state index in [2.05, 4.69) is 10.6 Å². The summed E-state index contributed by atoms with van der Waals surface area (Å²) in [4.78, 5) is 12.0. The van der Waals surface area contributed by atoms with Crippen molar-refractivity contribution < 1.29 is 18.7 Å². The molecule has 1 aliphatic rings. The van der Waals surface area contributed by atoms with Crippen LogP contribution in [0.3, 0.4) is 0 Å². The summed E-state index contributed by atoms with van der Waals surface area (Å²) in [6.07, 6.45) is 0. The van der Waals surface area contributed by atoms with E-state index in [1.54, 1.807) is 36.4 Å². The fourth-order valence-corrected chi connectivity index (χ4v) is 2.36. The number of ether oxygens (including phenoxy) is 2. The Balaban J connectivity index is 1.54. The van der Waals surface area contributed by atoms with Crippen LogP contribution in [0.25, 0.3) is 0 Å². The van der Waals surface area contributed by atoms with Gasteiger partial charge in [0.25, 0.3) is 0 Å². The number of amides is 1. The first kappa shape index (κ1) is 15.3. The minimum Gasteiger partial charge on any atom is -0.454 e. The molecular weight excluding hydrogens is 299 g/mol. The van der Waals surface area contributed by atoms with Crippen molar-refractivity contribution in [2.45, 2.75) is 13.0 Å². The first-order valence-corrected chi connectivity index (χ1v) is 7.31. The number of nitrogens with one attached hydrogen (secondary N) is 2. The van der Waals surface area contributed by atoms with E-state index in [1.165, 1.54) is 6.07 Å². The molecule has 2 aromatic carbocycles. The second-order valence-electron chi connectivity index (χ2n) is 5.24. The average Bonchev–Trinajstić information content (AvgIpc) is 3.01. The number of carbonyl (C=O) groups is 1. The molecule has 2 aromatic rings. The number of fused-ring (bicyclic) bond motifs is 1. The molecule has 0 spiro atoms. The highest BCUT2D eigenvalue weighted by atomic mass is 19.1. The number of halogens is 1. The van der Waals surface area contributed by atoms with Crippen LogP contribution in [0.5, 0.6) is 11.5 Å². The summed E-state index contributed by atoms with van der Waals surface area (Å²) in [5.74, 6) is 0.764. The van der Waals surface area contributed by atoms with Crippen LogP contribution >= 0.6 is 0 Å². The standard InChI is InChI=1S/C17H17FN2O3/c1-11(13-4-2-3-5-14(13)18)19-9-17(21)20-12-6-7-15-16(8-12)23-10-22-15/h2-8,11,19H,9-10H2,1H3,(H,20,21)/t11-/m0/s1. The Morgan fingerprint density at radius 3 is 2.83 bits per heavy atom. The number of hydrogen-bond donors (Lipinski definition) is 2. The molecule has 5 nitrogen and oxygen atoms in total. The highest BCUT2D eigenvalue weighted by Gasteiger charge is 2.15. The van der Waals surface area contributed by atoms with Gasteiger partial charge in [0.05, 0.1) is 6.54 Å². The molecule has 1 amide bonds. The molecule has 120 valence electrons. The van der Waals surface area contributed by atoms with Crippen molar-refractivity contribution in [3.63, 3.8) is 0 Å². The maximum absolute atomic E-state index is 13.7. The van der Waals surface area contributed by atoms with E-state index in [0.29, 0.717) is 22.7 Å². The first-order valence-electron chi connectivity index (χ1n) is 7.31. The summed E-state index contributed by atoms with van der Waals surface area (Å²) in [7, 11) is 0. The number of benzene rings is 2. The summed E-state index contributed by atoms with van der Waals surface area (Å²) in [6, 6.07) is 11.4. The lowest BCUT2D eigenvalue weighted by molar-refractivity contribution is -0.115. The van der Waals surface area contributed by atoms with E-state index < -0.39 is 0 Å². The van der Waals surface area contributed by atoms with Crippen molar-refractivity contribution in [2.75, 3.05) is 18.7 Å². The Morgan fingerprint density at radius 2 is 2.00 bits per heavy atom. The van der Waals surface area contributed by atoms with Gasteiger partial charge in [-0.2, -0.15) is 0 Å². The monoisotopic (exact) mass is 316 g/mol. The quantitative estimate of drug-likeness (QED) is 0.890. The molecule has 0 aliphatic carbocycles. The van der Waals surface area contributed by atoms with Gasteiger partial charge in [0.2, 0.25) is 12.7 Å². The Bertz CT molecular complexity index is 721. The van der Waals surface area contributed by atoms with Crippen molar-refractivity contribution >= 4 is 11.6 Å². The molecule has 0 unspecified atom stereocenters. The highest BCUT2D eigenvalue weighted by molar-refractivity contribution is 5.92. The molecule has 1 aliphatic heterocycles. The van der Waals surface area contributed by atoms with E-state index in [1.807, 2.05) is 6.92 Å². The van der Waals surface area contributed by atoms with Gasteiger partial charge in [0.1, 0.15) is 5.82 Å². The number of anilines is 1. The lowest BCUT2D eigenvalue weighted by Gasteiger charge is -2.15. The zero-order chi connectivity index (χ0) is 16.2. The molecule has 23 heavy (non-hydrogen) atoms. The lowest BCUT2D eigenvalue weighted by Crippen LogP contribution is -2.30. The normalized spacial score (nSPS) is 13.7. The van der Waals surface area contributed by atoms with Crippen molar-refractivity contribution in [1.29, 1.82) is 0 Å². The third kappa shape index (κ3) is 3.60. The molecule has 2 N–H and O–H groups in total. The van der Waals surface area contributed by atoms with Crippen molar-refractivity contribution in [3.05, 3.63) is 53.8 Å². The van der Waals surface area contributed by atoms with Crippen LogP contribution in [0, 0.1) is 5.82 Å². The molecule has 3 rings (SSSR count). The van der Waals surface area contributed by atoms with E-state index in [4.69, 9.17) is 9.47 Å². The second kappa shape index (κ2) is 6.66. The topological polar surface area (TPSA) is 59.6 Å². The maximum atomic E-state index is 13.7. The van der Waals surface area contributed by atoms with E-state index in [0.717, 1.165) is 0 Å². The van der Waals surface area contributed by atoms with Crippen molar-refractivity contribution in [3.8, 4) is 11.5 Å². The predicted octanol–water partition coefficient (Wildman–Crippen LogP) is 2.84. The molecule has 0 radical (unpaired) electrons. The van der Waals surface area contributed by atoms with Crippen molar-refractivity contribution in [1.82, 2.24) is 5.32 Å². The van der Waals surface area contributed by atoms with Crippen LogP contribution in [0.1, 0.15) is 18.5 Å². The Morgan fingerprint density at radius 1 is 1.22 bits per heavy atom. The van der Waals surface area contributed by atoms with Gasteiger partial charge in [-0.15, -0.1) is 0 Å². The zero-order valence-corrected chi connectivity index (χ0v) is 12.6. The van der Waals surface area contributed by atoms with E-state index in [-0.39, 0.29) is 31.1 Å². The molecule has 0 saturated carbocycles. The molecule has 1 atom stereocenters. The van der Waals surface area contributed by atoms with Crippen LogP contribution in [0.2, 0.25) is 0 Å². The average molecular weight is 316 g/mol. The van der Waals surface area contributed by atoms with Gasteiger partial charge >= 0.3 is 0 Å². The van der Waals surface area contributed by atoms with Gasteiger partial charge in [-0.1, -0.05) is 18.2 Å². The SMILES string of the molecule is C[C@H](NCC(=O)Nc1ccc2c(c1)OCO2)c1ccccc1F. The maximum Gasteiger partial charge on any atom is 0.238 e. The summed E-state index contributed by atoms with van der Waals surface area (Å²) in [5.41, 5.74) is 1.16. The minimum absolute atomic E-state index is 0.0734. The van der Waals surface area contributed by atoms with Crippen LogP contribution in [0.15, 0.2) is 42.5 Å². The number of hydrogen-bond acceptors (Lipinski definition) is 4. The molecular formula is C17H17FN2O3. The molecule has 0 bridgehead atoms. The van der Waals surface area contributed by atoms with Crippen LogP contribution in [-0.4, -0.2) is 19.2 Å². The fraction of sp³-hybridized carbons (Fsp3) is 0.235. The zero-order valence-electron chi connectivity index (χ0n) is 12.6. The van der Waals surface area contributed by atoms with Gasteiger partial charge in [-0.3, -0.25) is 4.79 Å². The third-order valence-electron chi connectivity index (χ3n) is 3.60. The van der Waals surface area contributed by atoms with Gasteiger partial charge in [0, 0.05) is 23.4 Å². The highest BCUT2D eigenvalue weighted by Crippen LogP contribution is 2.34. The summed E-state index contributed by atoms with van der Waals surface area (Å²) >= 11 is 0.